The highest BCUT2D eigenvalue weighted by Crippen LogP contribution is 2.36. The minimum Gasteiger partial charge on any atom is -0.376 e. The Morgan fingerprint density at radius 2 is 1.76 bits per heavy atom. The van der Waals surface area contributed by atoms with E-state index in [1.54, 1.807) is 0 Å². The van der Waals surface area contributed by atoms with E-state index >= 15 is 0 Å². The van der Waals surface area contributed by atoms with Crippen molar-refractivity contribution in [3.8, 4) is 0 Å². The van der Waals surface area contributed by atoms with E-state index < -0.39 is 47.1 Å². The molecule has 0 amide bonds. The van der Waals surface area contributed by atoms with E-state index in [0.717, 1.165) is 11.8 Å². The SMILES string of the molecule is CO[C@H]1O[C@H]2CO[C@@H](c3ccccc3)O[C@@H]2[C@@H](OC)[C@@H]1OS(C)(=O)=O. The first-order chi connectivity index (χ1) is 11.9. The number of fused-ring (bicyclic) bond motifs is 1. The van der Waals surface area contributed by atoms with E-state index in [9.17, 15) is 8.42 Å². The monoisotopic (exact) mass is 374 g/mol. The van der Waals surface area contributed by atoms with Crippen molar-refractivity contribution in [2.75, 3.05) is 27.1 Å². The van der Waals surface area contributed by atoms with Gasteiger partial charge in [0.2, 0.25) is 0 Å². The van der Waals surface area contributed by atoms with Crippen molar-refractivity contribution in [2.45, 2.75) is 37.0 Å². The summed E-state index contributed by atoms with van der Waals surface area (Å²) in [6, 6.07) is 9.44. The maximum atomic E-state index is 11.6. The molecule has 2 aliphatic heterocycles. The normalized spacial score (nSPS) is 36.0. The summed E-state index contributed by atoms with van der Waals surface area (Å²) in [5.41, 5.74) is 0.852. The minimum atomic E-state index is -3.74. The first-order valence-electron chi connectivity index (χ1n) is 7.84. The third-order valence-electron chi connectivity index (χ3n) is 4.15. The van der Waals surface area contributed by atoms with Crippen molar-refractivity contribution in [1.29, 1.82) is 0 Å². The second kappa shape index (κ2) is 7.67. The molecule has 140 valence electrons. The van der Waals surface area contributed by atoms with Gasteiger partial charge >= 0.3 is 0 Å². The fraction of sp³-hybridized carbons (Fsp3) is 0.625. The van der Waals surface area contributed by atoms with Gasteiger partial charge in [0.05, 0.1) is 12.9 Å². The van der Waals surface area contributed by atoms with Crippen molar-refractivity contribution >= 4 is 10.1 Å². The predicted molar refractivity (Wildman–Crippen MR) is 86.2 cm³/mol. The molecule has 2 aliphatic rings. The van der Waals surface area contributed by atoms with Crippen molar-refractivity contribution in [1.82, 2.24) is 0 Å². The van der Waals surface area contributed by atoms with Crippen LogP contribution in [0.25, 0.3) is 0 Å². The molecule has 0 N–H and O–H groups in total. The molecule has 0 saturated carbocycles. The van der Waals surface area contributed by atoms with Gasteiger partial charge in [-0.05, 0) is 0 Å². The summed E-state index contributed by atoms with van der Waals surface area (Å²) >= 11 is 0. The second-order valence-electron chi connectivity index (χ2n) is 5.92. The summed E-state index contributed by atoms with van der Waals surface area (Å²) in [5, 5.41) is 0. The zero-order valence-electron chi connectivity index (χ0n) is 14.2. The molecule has 25 heavy (non-hydrogen) atoms. The van der Waals surface area contributed by atoms with Crippen LogP contribution in [-0.4, -0.2) is 66.2 Å². The highest BCUT2D eigenvalue weighted by atomic mass is 32.2. The topological polar surface area (TPSA) is 89.5 Å². The summed E-state index contributed by atoms with van der Waals surface area (Å²) in [7, 11) is -0.863. The molecule has 1 aromatic carbocycles. The van der Waals surface area contributed by atoms with Gasteiger partial charge in [-0.15, -0.1) is 0 Å². The van der Waals surface area contributed by atoms with E-state index in [2.05, 4.69) is 0 Å². The van der Waals surface area contributed by atoms with E-state index in [1.165, 1.54) is 14.2 Å². The molecule has 3 rings (SSSR count). The molecule has 9 heteroatoms. The van der Waals surface area contributed by atoms with Gasteiger partial charge in [-0.1, -0.05) is 30.3 Å². The third-order valence-corrected chi connectivity index (χ3v) is 4.72. The molecular weight excluding hydrogens is 352 g/mol. The number of hydrogen-bond acceptors (Lipinski definition) is 8. The highest BCUT2D eigenvalue weighted by molar-refractivity contribution is 7.86. The van der Waals surface area contributed by atoms with Crippen LogP contribution in [0.15, 0.2) is 30.3 Å². The molecule has 1 aromatic rings. The van der Waals surface area contributed by atoms with Gasteiger partial charge in [0.25, 0.3) is 10.1 Å². The Morgan fingerprint density at radius 3 is 2.36 bits per heavy atom. The molecular formula is C16H22O8S. The van der Waals surface area contributed by atoms with Gasteiger partial charge in [-0.2, -0.15) is 8.42 Å². The zero-order chi connectivity index (χ0) is 18.0. The molecule has 0 radical (unpaired) electrons. The van der Waals surface area contributed by atoms with E-state index in [-0.39, 0.29) is 6.61 Å². The Kier molecular flexibility index (Phi) is 5.74. The van der Waals surface area contributed by atoms with Gasteiger partial charge in [0.15, 0.2) is 18.7 Å². The number of methoxy groups -OCH3 is 2. The molecule has 8 nitrogen and oxygen atoms in total. The van der Waals surface area contributed by atoms with Crippen molar-refractivity contribution in [3.63, 3.8) is 0 Å². The molecule has 0 spiro atoms. The highest BCUT2D eigenvalue weighted by Gasteiger charge is 2.52. The number of benzene rings is 1. The number of ether oxygens (including phenoxy) is 5. The smallest absolute Gasteiger partial charge is 0.264 e. The fourth-order valence-electron chi connectivity index (χ4n) is 3.09. The van der Waals surface area contributed by atoms with Gasteiger partial charge in [-0.3, -0.25) is 4.18 Å². The molecule has 2 saturated heterocycles. The minimum absolute atomic E-state index is 0.259. The maximum Gasteiger partial charge on any atom is 0.264 e. The average molecular weight is 374 g/mol. The van der Waals surface area contributed by atoms with E-state index in [4.69, 9.17) is 27.9 Å². The number of rotatable bonds is 5. The van der Waals surface area contributed by atoms with E-state index in [1.807, 2.05) is 30.3 Å². The summed E-state index contributed by atoms with van der Waals surface area (Å²) in [4.78, 5) is 0. The van der Waals surface area contributed by atoms with Gasteiger partial charge in [0.1, 0.15) is 18.3 Å². The summed E-state index contributed by atoms with van der Waals surface area (Å²) in [6.45, 7) is 0.259. The fourth-order valence-corrected chi connectivity index (χ4v) is 3.69. The Labute approximate surface area is 147 Å². The first kappa shape index (κ1) is 18.7. The van der Waals surface area contributed by atoms with Crippen LogP contribution in [0, 0.1) is 0 Å². The lowest BCUT2D eigenvalue weighted by molar-refractivity contribution is -0.357. The number of hydrogen-bond donors (Lipinski definition) is 0. The van der Waals surface area contributed by atoms with Crippen LogP contribution in [0.3, 0.4) is 0 Å². The van der Waals surface area contributed by atoms with E-state index in [0.29, 0.717) is 0 Å². The standard InChI is InChI=1S/C16H22O8S/c1-19-13-12-11(22-16(20-2)14(13)24-25(3,17)18)9-21-15(23-12)10-7-5-4-6-8-10/h4-8,11-16H,9H2,1-3H3/t11-,12-,13+,14-,15+,16-/m0/s1. The van der Waals surface area contributed by atoms with Crippen LogP contribution in [-0.2, 0) is 38.0 Å². The summed E-state index contributed by atoms with van der Waals surface area (Å²) in [6.07, 6.45) is -3.26. The zero-order valence-corrected chi connectivity index (χ0v) is 15.0. The van der Waals surface area contributed by atoms with Crippen molar-refractivity contribution in [3.05, 3.63) is 35.9 Å². The lowest BCUT2D eigenvalue weighted by Crippen LogP contribution is -2.63. The molecule has 0 unspecified atom stereocenters. The third kappa shape index (κ3) is 4.20. The molecule has 2 heterocycles. The Balaban J connectivity index is 1.83. The van der Waals surface area contributed by atoms with Crippen LogP contribution in [0.2, 0.25) is 0 Å². The molecule has 0 bridgehead atoms. The second-order valence-corrected chi connectivity index (χ2v) is 7.52. The Hall–Kier alpha value is -1.07. The van der Waals surface area contributed by atoms with Crippen molar-refractivity contribution in [2.24, 2.45) is 0 Å². The Bertz CT molecular complexity index is 664. The van der Waals surface area contributed by atoms with Crippen LogP contribution < -0.4 is 0 Å². The predicted octanol–water partition coefficient (Wildman–Crippen LogP) is 0.832. The first-order valence-corrected chi connectivity index (χ1v) is 9.66. The molecule has 0 aromatic heterocycles. The van der Waals surface area contributed by atoms with Gasteiger partial charge in [-0.25, -0.2) is 0 Å². The summed E-state index contributed by atoms with van der Waals surface area (Å²) in [5.74, 6) is 0. The lowest BCUT2D eigenvalue weighted by atomic mass is 9.97. The average Bonchev–Trinajstić information content (AvgIpc) is 2.60. The van der Waals surface area contributed by atoms with Crippen molar-refractivity contribution < 1.29 is 36.3 Å². The van der Waals surface area contributed by atoms with Gasteiger partial charge < -0.3 is 23.7 Å². The maximum absolute atomic E-state index is 11.6. The Morgan fingerprint density at radius 1 is 1.04 bits per heavy atom. The van der Waals surface area contributed by atoms with Gasteiger partial charge in [0, 0.05) is 19.8 Å². The largest absolute Gasteiger partial charge is 0.376 e. The van der Waals surface area contributed by atoms with Crippen LogP contribution in [0.4, 0.5) is 0 Å². The van der Waals surface area contributed by atoms with Crippen LogP contribution in [0.5, 0.6) is 0 Å². The van der Waals surface area contributed by atoms with Crippen LogP contribution in [0.1, 0.15) is 11.9 Å². The lowest BCUT2D eigenvalue weighted by Gasteiger charge is -2.47. The van der Waals surface area contributed by atoms with Crippen LogP contribution >= 0.6 is 0 Å². The quantitative estimate of drug-likeness (QED) is 0.700. The summed E-state index contributed by atoms with van der Waals surface area (Å²) < 4.78 is 56.7. The molecule has 2 fully saturated rings. The molecule has 0 aliphatic carbocycles. The molecule has 6 atom stereocenters.